The smallest absolute Gasteiger partial charge is 0.329 e. The lowest BCUT2D eigenvalue weighted by atomic mass is 9.95. The summed E-state index contributed by atoms with van der Waals surface area (Å²) in [6.07, 6.45) is -4.71. The van der Waals surface area contributed by atoms with E-state index in [2.05, 4.69) is 14.7 Å². The number of hydroxylamine groups is 1. The van der Waals surface area contributed by atoms with Crippen LogP contribution in [0.4, 0.5) is 18.9 Å². The fourth-order valence-corrected chi connectivity index (χ4v) is 2.04. The lowest BCUT2D eigenvalue weighted by Crippen LogP contribution is -2.30. The first-order chi connectivity index (χ1) is 10.7. The summed E-state index contributed by atoms with van der Waals surface area (Å²) in [6, 6.07) is 6.15. The average molecular weight is 327 g/mol. The minimum absolute atomic E-state index is 0.218. The molecule has 1 aliphatic rings. The van der Waals surface area contributed by atoms with Gasteiger partial charge in [-0.2, -0.15) is 23.2 Å². The third kappa shape index (κ3) is 2.79. The molecule has 1 aliphatic heterocycles. The number of carbonyl (C=O) groups excluding carboxylic acids is 1. The Morgan fingerprint density at radius 3 is 2.61 bits per heavy atom. The molecule has 0 unspecified atom stereocenters. The average Bonchev–Trinajstić information content (AvgIpc) is 3.06. The zero-order valence-corrected chi connectivity index (χ0v) is 12.2. The second kappa shape index (κ2) is 5.05. The lowest BCUT2D eigenvalue weighted by Gasteiger charge is -2.16. The van der Waals surface area contributed by atoms with Gasteiger partial charge >= 0.3 is 12.1 Å². The highest BCUT2D eigenvalue weighted by molar-refractivity contribution is 5.97. The molecule has 0 spiro atoms. The molecule has 9 heteroatoms. The molecule has 1 amide bonds. The Labute approximate surface area is 128 Å². The molecule has 0 radical (unpaired) electrons. The maximum absolute atomic E-state index is 12.5. The van der Waals surface area contributed by atoms with E-state index in [1.54, 1.807) is 26.0 Å². The van der Waals surface area contributed by atoms with Gasteiger partial charge in [-0.25, -0.2) is 0 Å². The van der Waals surface area contributed by atoms with Crippen molar-refractivity contribution in [2.75, 3.05) is 11.7 Å². The van der Waals surface area contributed by atoms with E-state index in [1.807, 2.05) is 0 Å². The Kier molecular flexibility index (Phi) is 3.40. The highest BCUT2D eigenvalue weighted by Gasteiger charge is 2.41. The van der Waals surface area contributed by atoms with Crippen molar-refractivity contribution in [3.63, 3.8) is 0 Å². The maximum Gasteiger partial charge on any atom is 0.471 e. The van der Waals surface area contributed by atoms with Gasteiger partial charge in [0, 0.05) is 5.56 Å². The second-order valence-electron chi connectivity index (χ2n) is 5.73. The zero-order valence-electron chi connectivity index (χ0n) is 12.2. The summed E-state index contributed by atoms with van der Waals surface area (Å²) in [6.45, 7) is 3.71. The van der Waals surface area contributed by atoms with Crippen molar-refractivity contribution in [2.24, 2.45) is 5.41 Å². The van der Waals surface area contributed by atoms with Crippen LogP contribution >= 0.6 is 0 Å². The van der Waals surface area contributed by atoms with Crippen molar-refractivity contribution in [2.45, 2.75) is 20.0 Å². The van der Waals surface area contributed by atoms with Crippen LogP contribution in [-0.2, 0) is 15.8 Å². The van der Waals surface area contributed by atoms with Gasteiger partial charge in [0.2, 0.25) is 5.82 Å². The van der Waals surface area contributed by atoms with E-state index in [0.29, 0.717) is 5.69 Å². The van der Waals surface area contributed by atoms with Gasteiger partial charge in [0.15, 0.2) is 0 Å². The molecule has 0 saturated carbocycles. The Bertz CT molecular complexity index is 755. The molecule has 1 saturated heterocycles. The van der Waals surface area contributed by atoms with Crippen molar-refractivity contribution < 1.29 is 27.3 Å². The van der Waals surface area contributed by atoms with Crippen LogP contribution in [0.2, 0.25) is 0 Å². The van der Waals surface area contributed by atoms with Crippen LogP contribution in [0, 0.1) is 5.41 Å². The summed E-state index contributed by atoms with van der Waals surface area (Å²) in [4.78, 5) is 20.9. The molecule has 2 aromatic rings. The number of hydrogen-bond acceptors (Lipinski definition) is 5. The molecular weight excluding hydrogens is 315 g/mol. The normalized spacial score (nSPS) is 17.8. The van der Waals surface area contributed by atoms with Crippen LogP contribution in [0.3, 0.4) is 0 Å². The number of amides is 1. The van der Waals surface area contributed by atoms with E-state index in [-0.39, 0.29) is 23.9 Å². The van der Waals surface area contributed by atoms with Crippen LogP contribution in [-0.4, -0.2) is 22.7 Å². The molecule has 23 heavy (non-hydrogen) atoms. The summed E-state index contributed by atoms with van der Waals surface area (Å²) >= 11 is 0. The quantitative estimate of drug-likeness (QED) is 0.848. The topological polar surface area (TPSA) is 68.5 Å². The number of aromatic nitrogens is 2. The lowest BCUT2D eigenvalue weighted by molar-refractivity contribution is -0.159. The second-order valence-corrected chi connectivity index (χ2v) is 5.73. The molecule has 2 heterocycles. The molecule has 1 aromatic carbocycles. The molecule has 0 N–H and O–H groups in total. The van der Waals surface area contributed by atoms with E-state index in [4.69, 9.17) is 4.84 Å². The first-order valence-electron chi connectivity index (χ1n) is 6.67. The molecule has 1 fully saturated rings. The Balaban J connectivity index is 1.92. The summed E-state index contributed by atoms with van der Waals surface area (Å²) in [7, 11) is 0. The fourth-order valence-electron chi connectivity index (χ4n) is 2.04. The molecule has 0 aliphatic carbocycles. The van der Waals surface area contributed by atoms with E-state index < -0.39 is 17.5 Å². The number of rotatable bonds is 2. The number of halogens is 3. The van der Waals surface area contributed by atoms with Crippen LogP contribution < -0.4 is 5.06 Å². The monoisotopic (exact) mass is 327 g/mol. The van der Waals surface area contributed by atoms with Gasteiger partial charge in [-0.1, -0.05) is 17.3 Å². The minimum Gasteiger partial charge on any atom is -0.329 e. The number of hydrogen-bond donors (Lipinski definition) is 0. The largest absolute Gasteiger partial charge is 0.471 e. The van der Waals surface area contributed by atoms with E-state index >= 15 is 0 Å². The van der Waals surface area contributed by atoms with Crippen molar-refractivity contribution in [1.29, 1.82) is 0 Å². The summed E-state index contributed by atoms with van der Waals surface area (Å²) in [5.41, 5.74) is 0.00490. The summed E-state index contributed by atoms with van der Waals surface area (Å²) < 4.78 is 41.7. The van der Waals surface area contributed by atoms with Gasteiger partial charge < -0.3 is 4.52 Å². The number of benzene rings is 1. The standard InChI is InChI=1S/C14H12F3N3O3/c1-13(2)7-22-20(12(13)21)9-5-3-4-8(6-9)10-18-11(23-19-10)14(15,16)17/h3-6H,7H2,1-2H3. The van der Waals surface area contributed by atoms with Crippen LogP contribution in [0.1, 0.15) is 19.7 Å². The fraction of sp³-hybridized carbons (Fsp3) is 0.357. The van der Waals surface area contributed by atoms with E-state index in [9.17, 15) is 18.0 Å². The number of anilines is 1. The molecule has 6 nitrogen and oxygen atoms in total. The molecule has 0 bridgehead atoms. The molecular formula is C14H12F3N3O3. The van der Waals surface area contributed by atoms with Gasteiger partial charge in [0.25, 0.3) is 5.91 Å². The van der Waals surface area contributed by atoms with Crippen LogP contribution in [0.5, 0.6) is 0 Å². The first kappa shape index (κ1) is 15.5. The minimum atomic E-state index is -4.71. The van der Waals surface area contributed by atoms with Crippen molar-refractivity contribution in [3.8, 4) is 11.4 Å². The van der Waals surface area contributed by atoms with Gasteiger partial charge in [0.1, 0.15) is 0 Å². The molecule has 1 aromatic heterocycles. The Morgan fingerprint density at radius 1 is 1.30 bits per heavy atom. The first-order valence-corrected chi connectivity index (χ1v) is 6.67. The van der Waals surface area contributed by atoms with Gasteiger partial charge in [-0.15, -0.1) is 0 Å². The number of nitrogens with zero attached hydrogens (tertiary/aromatic N) is 3. The van der Waals surface area contributed by atoms with Crippen molar-refractivity contribution in [1.82, 2.24) is 10.1 Å². The number of alkyl halides is 3. The molecule has 0 atom stereocenters. The predicted molar refractivity (Wildman–Crippen MR) is 72.0 cm³/mol. The predicted octanol–water partition coefficient (Wildman–Crippen LogP) is 3.06. The van der Waals surface area contributed by atoms with E-state index in [0.717, 1.165) is 5.06 Å². The van der Waals surface area contributed by atoms with Gasteiger partial charge in [-0.3, -0.25) is 9.63 Å². The number of carbonyl (C=O) groups is 1. The van der Waals surface area contributed by atoms with Gasteiger partial charge in [0.05, 0.1) is 17.7 Å². The highest BCUT2D eigenvalue weighted by atomic mass is 19.4. The Hall–Kier alpha value is -2.42. The van der Waals surface area contributed by atoms with Crippen LogP contribution in [0.25, 0.3) is 11.4 Å². The van der Waals surface area contributed by atoms with Gasteiger partial charge in [-0.05, 0) is 26.0 Å². The third-order valence-corrected chi connectivity index (χ3v) is 3.33. The highest BCUT2D eigenvalue weighted by Crippen LogP contribution is 2.34. The van der Waals surface area contributed by atoms with Crippen molar-refractivity contribution >= 4 is 11.6 Å². The summed E-state index contributed by atoms with van der Waals surface area (Å²) in [5.74, 6) is -1.88. The van der Waals surface area contributed by atoms with E-state index in [1.165, 1.54) is 12.1 Å². The SMILES string of the molecule is CC1(C)CON(c2cccc(-c3noc(C(F)(F)F)n3)c2)C1=O. The third-order valence-electron chi connectivity index (χ3n) is 3.33. The molecule has 122 valence electrons. The maximum atomic E-state index is 12.5. The zero-order chi connectivity index (χ0) is 16.8. The Morgan fingerprint density at radius 2 is 2.04 bits per heavy atom. The van der Waals surface area contributed by atoms with Crippen molar-refractivity contribution in [3.05, 3.63) is 30.2 Å². The van der Waals surface area contributed by atoms with Crippen LogP contribution in [0.15, 0.2) is 28.8 Å². The molecule has 3 rings (SSSR count). The summed E-state index contributed by atoms with van der Waals surface area (Å²) in [5, 5.41) is 4.44.